The molecule has 0 aromatic carbocycles. The molecule has 25 heavy (non-hydrogen) atoms. The maximum atomic E-state index is 12.4. The second-order valence-electron chi connectivity index (χ2n) is 5.48. The fraction of sp³-hybridized carbons (Fsp3) is 0.400. The summed E-state index contributed by atoms with van der Waals surface area (Å²) >= 11 is 1.33. The Balaban J connectivity index is 1.47. The average molecular weight is 381 g/mol. The molecule has 1 N–H and O–H groups in total. The highest BCUT2D eigenvalue weighted by Crippen LogP contribution is 2.13. The smallest absolute Gasteiger partial charge is 0.261 e. The van der Waals surface area contributed by atoms with Gasteiger partial charge >= 0.3 is 0 Å². The summed E-state index contributed by atoms with van der Waals surface area (Å²) in [5.74, 6) is 0.269. The second-order valence-corrected chi connectivity index (χ2v) is 8.52. The van der Waals surface area contributed by atoms with E-state index < -0.39 is 10.0 Å². The summed E-state index contributed by atoms with van der Waals surface area (Å²) < 4.78 is 26.3. The molecule has 2 aromatic rings. The van der Waals surface area contributed by atoms with Crippen LogP contribution in [0.25, 0.3) is 0 Å². The minimum absolute atomic E-state index is 0.0983. The Bertz CT molecular complexity index is 788. The monoisotopic (exact) mass is 381 g/mol. The highest BCUT2D eigenvalue weighted by molar-refractivity contribution is 7.89. The quantitative estimate of drug-likeness (QED) is 0.779. The third-order valence-electron chi connectivity index (χ3n) is 3.86. The van der Waals surface area contributed by atoms with Crippen molar-refractivity contribution < 1.29 is 13.2 Å². The van der Waals surface area contributed by atoms with Crippen LogP contribution >= 0.6 is 11.3 Å². The number of sulfonamides is 1. The van der Waals surface area contributed by atoms with Gasteiger partial charge in [-0.1, -0.05) is 6.07 Å². The summed E-state index contributed by atoms with van der Waals surface area (Å²) in [6.07, 6.45) is 3.34. The van der Waals surface area contributed by atoms with E-state index in [9.17, 15) is 13.2 Å². The molecule has 1 amide bonds. The first-order valence-corrected chi connectivity index (χ1v) is 10.4. The second kappa shape index (κ2) is 7.89. The van der Waals surface area contributed by atoms with Crippen LogP contribution < -0.4 is 10.2 Å². The Morgan fingerprint density at radius 1 is 1.16 bits per heavy atom. The Morgan fingerprint density at radius 3 is 2.52 bits per heavy atom. The van der Waals surface area contributed by atoms with Crippen LogP contribution in [0, 0.1) is 0 Å². The van der Waals surface area contributed by atoms with Crippen LogP contribution in [0.5, 0.6) is 0 Å². The van der Waals surface area contributed by atoms with Crippen molar-refractivity contribution in [3.63, 3.8) is 0 Å². The Labute approximate surface area is 150 Å². The number of rotatable bonds is 6. The number of hydrogen-bond acceptors (Lipinski definition) is 7. The van der Waals surface area contributed by atoms with Crippen LogP contribution in [0.4, 0.5) is 5.95 Å². The number of amides is 1. The minimum Gasteiger partial charge on any atom is -0.350 e. The third kappa shape index (κ3) is 4.53. The molecule has 2 aromatic heterocycles. The van der Waals surface area contributed by atoms with Crippen molar-refractivity contribution in [1.29, 1.82) is 0 Å². The molecule has 0 atom stereocenters. The lowest BCUT2D eigenvalue weighted by molar-refractivity contribution is 0.0960. The van der Waals surface area contributed by atoms with E-state index in [1.165, 1.54) is 15.6 Å². The standard InChI is InChI=1S/C15H19N5O3S2/c21-14(13-3-1-11-24-13)16-6-12-25(22,23)20-9-7-19(8-10-20)15-17-4-2-5-18-15/h1-5,11H,6-10,12H2,(H,16,21). The van der Waals surface area contributed by atoms with E-state index >= 15 is 0 Å². The van der Waals surface area contributed by atoms with Crippen molar-refractivity contribution in [3.8, 4) is 0 Å². The first-order chi connectivity index (χ1) is 12.1. The first kappa shape index (κ1) is 17.8. The maximum Gasteiger partial charge on any atom is 0.261 e. The van der Waals surface area contributed by atoms with Crippen molar-refractivity contribution in [2.75, 3.05) is 43.4 Å². The molecular formula is C15H19N5O3S2. The highest BCUT2D eigenvalue weighted by Gasteiger charge is 2.27. The van der Waals surface area contributed by atoms with Gasteiger partial charge in [0.2, 0.25) is 16.0 Å². The zero-order valence-electron chi connectivity index (χ0n) is 13.5. The SMILES string of the molecule is O=C(NCCS(=O)(=O)N1CCN(c2ncccn2)CC1)c1cccs1. The predicted octanol–water partition coefficient (Wildman–Crippen LogP) is 0.420. The summed E-state index contributed by atoms with van der Waals surface area (Å²) in [5, 5.41) is 4.46. The van der Waals surface area contributed by atoms with Gasteiger partial charge in [0.1, 0.15) is 0 Å². The van der Waals surface area contributed by atoms with Gasteiger partial charge in [0.05, 0.1) is 10.6 Å². The number of aromatic nitrogens is 2. The van der Waals surface area contributed by atoms with E-state index in [0.29, 0.717) is 37.0 Å². The van der Waals surface area contributed by atoms with Crippen LogP contribution in [0.2, 0.25) is 0 Å². The maximum absolute atomic E-state index is 12.4. The normalized spacial score (nSPS) is 15.9. The van der Waals surface area contributed by atoms with Crippen LogP contribution in [-0.2, 0) is 10.0 Å². The van der Waals surface area contributed by atoms with Gasteiger partial charge in [-0.05, 0) is 17.5 Å². The Morgan fingerprint density at radius 2 is 1.88 bits per heavy atom. The molecule has 0 bridgehead atoms. The topological polar surface area (TPSA) is 95.5 Å². The number of nitrogens with one attached hydrogen (secondary N) is 1. The van der Waals surface area contributed by atoms with Gasteiger partial charge < -0.3 is 10.2 Å². The minimum atomic E-state index is -3.40. The van der Waals surface area contributed by atoms with Crippen LogP contribution in [0.15, 0.2) is 36.0 Å². The lowest BCUT2D eigenvalue weighted by Gasteiger charge is -2.33. The summed E-state index contributed by atoms with van der Waals surface area (Å²) in [6, 6.07) is 5.24. The van der Waals surface area contributed by atoms with Gasteiger partial charge in [-0.15, -0.1) is 11.3 Å². The van der Waals surface area contributed by atoms with Crippen molar-refractivity contribution in [2.24, 2.45) is 0 Å². The average Bonchev–Trinajstić information content (AvgIpc) is 3.17. The number of nitrogens with zero attached hydrogens (tertiary/aromatic N) is 4. The Kier molecular flexibility index (Phi) is 5.61. The third-order valence-corrected chi connectivity index (χ3v) is 6.60. The molecule has 134 valence electrons. The van der Waals surface area contributed by atoms with E-state index in [1.807, 2.05) is 10.3 Å². The lowest BCUT2D eigenvalue weighted by Crippen LogP contribution is -2.50. The lowest BCUT2D eigenvalue weighted by atomic mass is 10.4. The van der Waals surface area contributed by atoms with E-state index in [1.54, 1.807) is 30.6 Å². The predicted molar refractivity (Wildman–Crippen MR) is 96.3 cm³/mol. The van der Waals surface area contributed by atoms with Crippen LogP contribution in [0.1, 0.15) is 9.67 Å². The van der Waals surface area contributed by atoms with Crippen molar-refractivity contribution >= 4 is 33.2 Å². The van der Waals surface area contributed by atoms with Gasteiger partial charge in [-0.3, -0.25) is 4.79 Å². The van der Waals surface area contributed by atoms with E-state index in [-0.39, 0.29) is 18.2 Å². The number of carbonyl (C=O) groups excluding carboxylic acids is 1. The van der Waals surface area contributed by atoms with E-state index in [0.717, 1.165) is 0 Å². The van der Waals surface area contributed by atoms with Crippen LogP contribution in [-0.4, -0.2) is 67.1 Å². The highest BCUT2D eigenvalue weighted by atomic mass is 32.2. The fourth-order valence-electron chi connectivity index (χ4n) is 2.54. The molecular weight excluding hydrogens is 362 g/mol. The summed E-state index contributed by atoms with van der Waals surface area (Å²) in [4.78, 5) is 22.7. The number of thiophene rings is 1. The molecule has 3 heterocycles. The molecule has 0 unspecified atom stereocenters. The molecule has 0 radical (unpaired) electrons. The first-order valence-electron chi connectivity index (χ1n) is 7.88. The number of carbonyl (C=O) groups is 1. The van der Waals surface area contributed by atoms with Crippen molar-refractivity contribution in [3.05, 3.63) is 40.8 Å². The van der Waals surface area contributed by atoms with Crippen molar-refractivity contribution in [2.45, 2.75) is 0 Å². The fourth-order valence-corrected chi connectivity index (χ4v) is 4.52. The van der Waals surface area contributed by atoms with Gasteiger partial charge in [0.15, 0.2) is 0 Å². The molecule has 8 nitrogen and oxygen atoms in total. The number of hydrogen-bond donors (Lipinski definition) is 1. The van der Waals surface area contributed by atoms with Crippen molar-refractivity contribution in [1.82, 2.24) is 19.6 Å². The zero-order chi connectivity index (χ0) is 17.7. The molecule has 10 heteroatoms. The summed E-state index contributed by atoms with van der Waals surface area (Å²) in [7, 11) is -3.40. The molecule has 1 fully saturated rings. The van der Waals surface area contributed by atoms with Gasteiger partial charge in [0, 0.05) is 45.1 Å². The Hall–Kier alpha value is -2.04. The van der Waals surface area contributed by atoms with Gasteiger partial charge in [0.25, 0.3) is 5.91 Å². The molecule has 0 spiro atoms. The van der Waals surface area contributed by atoms with Gasteiger partial charge in [-0.2, -0.15) is 4.31 Å². The van der Waals surface area contributed by atoms with E-state index in [4.69, 9.17) is 0 Å². The molecule has 1 aliphatic heterocycles. The molecule has 3 rings (SSSR count). The van der Waals surface area contributed by atoms with Crippen LogP contribution in [0.3, 0.4) is 0 Å². The molecule has 1 aliphatic rings. The summed E-state index contributed by atoms with van der Waals surface area (Å²) in [5.41, 5.74) is 0. The summed E-state index contributed by atoms with van der Waals surface area (Å²) in [6.45, 7) is 1.97. The largest absolute Gasteiger partial charge is 0.350 e. The molecule has 0 saturated carbocycles. The molecule has 0 aliphatic carbocycles. The number of piperazine rings is 1. The van der Waals surface area contributed by atoms with Gasteiger partial charge in [-0.25, -0.2) is 18.4 Å². The number of anilines is 1. The van der Waals surface area contributed by atoms with E-state index in [2.05, 4.69) is 15.3 Å². The zero-order valence-corrected chi connectivity index (χ0v) is 15.2. The molecule has 1 saturated heterocycles.